The molecule has 0 radical (unpaired) electrons. The minimum absolute atomic E-state index is 0.169. The van der Waals surface area contributed by atoms with Crippen molar-refractivity contribution < 1.29 is 4.79 Å². The number of halogens is 2. The van der Waals surface area contributed by atoms with Gasteiger partial charge in [-0.05, 0) is 31.4 Å². The molecule has 1 aromatic carbocycles. The molecule has 1 rings (SSSR count). The Hall–Kier alpha value is -0.730. The predicted octanol–water partition coefficient (Wildman–Crippen LogP) is 4.10. The van der Waals surface area contributed by atoms with E-state index < -0.39 is 0 Å². The first-order valence-corrected chi connectivity index (χ1v) is 7.17. The van der Waals surface area contributed by atoms with Crippen molar-refractivity contribution in [2.75, 3.05) is 12.4 Å². The fourth-order valence-electron chi connectivity index (χ4n) is 1.74. The minimum atomic E-state index is 0.169. The fourth-order valence-corrected chi connectivity index (χ4v) is 2.12. The van der Waals surface area contributed by atoms with Crippen molar-refractivity contribution >= 4 is 29.1 Å². The molecule has 0 saturated heterocycles. The van der Waals surface area contributed by atoms with Gasteiger partial charge in [-0.1, -0.05) is 29.8 Å². The number of nitrogens with zero attached hydrogens (tertiary/aromatic N) is 1. The maximum atomic E-state index is 12.0. The average molecular weight is 288 g/mol. The van der Waals surface area contributed by atoms with Crippen LogP contribution in [0.5, 0.6) is 0 Å². The van der Waals surface area contributed by atoms with Crippen LogP contribution in [0.15, 0.2) is 24.3 Å². The summed E-state index contributed by atoms with van der Waals surface area (Å²) in [5, 5.41) is 0.713. The summed E-state index contributed by atoms with van der Waals surface area (Å²) >= 11 is 11.7. The smallest absolute Gasteiger partial charge is 0.222 e. The van der Waals surface area contributed by atoms with Crippen LogP contribution >= 0.6 is 23.2 Å². The molecule has 0 aromatic heterocycles. The van der Waals surface area contributed by atoms with Crippen LogP contribution in [-0.2, 0) is 11.3 Å². The van der Waals surface area contributed by atoms with Crippen LogP contribution in [0.1, 0.15) is 31.7 Å². The van der Waals surface area contributed by atoms with Crippen molar-refractivity contribution in [1.29, 1.82) is 0 Å². The second-order valence-electron chi connectivity index (χ2n) is 4.15. The second kappa shape index (κ2) is 8.39. The third-order valence-corrected chi connectivity index (χ3v) is 3.46. The second-order valence-corrected chi connectivity index (χ2v) is 4.93. The Morgan fingerprint density at radius 2 is 2.00 bits per heavy atom. The molecular formula is C14H19Cl2NO. The van der Waals surface area contributed by atoms with Gasteiger partial charge in [0.05, 0.1) is 0 Å². The Bertz CT molecular complexity index is 382. The Labute approximate surface area is 119 Å². The molecule has 0 unspecified atom stereocenters. The molecule has 0 aliphatic rings. The van der Waals surface area contributed by atoms with Crippen LogP contribution in [0.3, 0.4) is 0 Å². The summed E-state index contributed by atoms with van der Waals surface area (Å²) in [6, 6.07) is 7.64. The van der Waals surface area contributed by atoms with Gasteiger partial charge in [-0.3, -0.25) is 4.79 Å². The van der Waals surface area contributed by atoms with Crippen LogP contribution in [0.4, 0.5) is 0 Å². The van der Waals surface area contributed by atoms with Gasteiger partial charge >= 0.3 is 0 Å². The van der Waals surface area contributed by atoms with Gasteiger partial charge in [-0.15, -0.1) is 11.6 Å². The first-order chi connectivity index (χ1) is 8.69. The molecule has 0 bridgehead atoms. The summed E-state index contributed by atoms with van der Waals surface area (Å²) in [4.78, 5) is 13.8. The maximum absolute atomic E-state index is 12.0. The molecule has 18 heavy (non-hydrogen) atoms. The van der Waals surface area contributed by atoms with Gasteiger partial charge in [0, 0.05) is 30.4 Å². The van der Waals surface area contributed by atoms with Crippen LogP contribution in [0.2, 0.25) is 5.02 Å². The van der Waals surface area contributed by atoms with Crippen LogP contribution in [0, 0.1) is 0 Å². The zero-order chi connectivity index (χ0) is 13.4. The number of benzene rings is 1. The third-order valence-electron chi connectivity index (χ3n) is 2.83. The topological polar surface area (TPSA) is 20.3 Å². The molecular weight excluding hydrogens is 269 g/mol. The summed E-state index contributed by atoms with van der Waals surface area (Å²) in [6.07, 6.45) is 2.29. The Morgan fingerprint density at radius 1 is 1.28 bits per heavy atom. The van der Waals surface area contributed by atoms with Crippen LogP contribution in [-0.4, -0.2) is 23.2 Å². The average Bonchev–Trinajstić information content (AvgIpc) is 2.38. The van der Waals surface area contributed by atoms with Crippen molar-refractivity contribution in [3.8, 4) is 0 Å². The lowest BCUT2D eigenvalue weighted by Gasteiger charge is -2.21. The Kier molecular flexibility index (Phi) is 7.14. The number of alkyl halides is 1. The van der Waals surface area contributed by atoms with Gasteiger partial charge < -0.3 is 4.90 Å². The van der Waals surface area contributed by atoms with E-state index in [-0.39, 0.29) is 5.91 Å². The molecule has 4 heteroatoms. The van der Waals surface area contributed by atoms with Gasteiger partial charge in [0.2, 0.25) is 5.91 Å². The van der Waals surface area contributed by atoms with E-state index in [0.29, 0.717) is 30.4 Å². The summed E-state index contributed by atoms with van der Waals surface area (Å²) in [5.74, 6) is 0.784. The highest BCUT2D eigenvalue weighted by Gasteiger charge is 2.12. The first kappa shape index (κ1) is 15.3. The maximum Gasteiger partial charge on any atom is 0.222 e. The van der Waals surface area contributed by atoms with Crippen molar-refractivity contribution in [2.45, 2.75) is 32.7 Å². The largest absolute Gasteiger partial charge is 0.339 e. The summed E-state index contributed by atoms with van der Waals surface area (Å²) in [6.45, 7) is 3.26. The molecule has 100 valence electrons. The molecule has 0 fully saturated rings. The Morgan fingerprint density at radius 3 is 2.61 bits per heavy atom. The molecule has 0 heterocycles. The number of hydrogen-bond donors (Lipinski definition) is 0. The normalized spacial score (nSPS) is 10.4. The molecule has 1 amide bonds. The lowest BCUT2D eigenvalue weighted by molar-refractivity contribution is -0.131. The van der Waals surface area contributed by atoms with E-state index in [4.69, 9.17) is 23.2 Å². The van der Waals surface area contributed by atoms with Crippen LogP contribution in [0.25, 0.3) is 0 Å². The molecule has 0 aliphatic heterocycles. The fraction of sp³-hybridized carbons (Fsp3) is 0.500. The predicted molar refractivity (Wildman–Crippen MR) is 77.1 cm³/mol. The lowest BCUT2D eigenvalue weighted by atomic mass is 10.2. The highest BCUT2D eigenvalue weighted by molar-refractivity contribution is 6.31. The van der Waals surface area contributed by atoms with Crippen molar-refractivity contribution in [1.82, 2.24) is 4.90 Å². The lowest BCUT2D eigenvalue weighted by Crippen LogP contribution is -2.30. The highest BCUT2D eigenvalue weighted by Crippen LogP contribution is 2.17. The minimum Gasteiger partial charge on any atom is -0.339 e. The van der Waals surface area contributed by atoms with Crippen LogP contribution < -0.4 is 0 Å². The quantitative estimate of drug-likeness (QED) is 0.546. The van der Waals surface area contributed by atoms with Gasteiger partial charge in [0.25, 0.3) is 0 Å². The van der Waals surface area contributed by atoms with Gasteiger partial charge in [-0.2, -0.15) is 0 Å². The number of hydrogen-bond acceptors (Lipinski definition) is 1. The van der Waals surface area contributed by atoms with Crippen molar-refractivity contribution in [3.05, 3.63) is 34.9 Å². The SMILES string of the molecule is CCN(Cc1ccccc1Cl)C(=O)CCCCCl. The summed E-state index contributed by atoms with van der Waals surface area (Å²) in [7, 11) is 0. The first-order valence-electron chi connectivity index (χ1n) is 6.26. The molecule has 0 atom stereocenters. The molecule has 0 spiro atoms. The monoisotopic (exact) mass is 287 g/mol. The van der Waals surface area contributed by atoms with Crippen molar-refractivity contribution in [3.63, 3.8) is 0 Å². The zero-order valence-corrected chi connectivity index (χ0v) is 12.2. The van der Waals surface area contributed by atoms with E-state index in [0.717, 1.165) is 18.4 Å². The van der Waals surface area contributed by atoms with Gasteiger partial charge in [-0.25, -0.2) is 0 Å². The zero-order valence-electron chi connectivity index (χ0n) is 10.7. The van der Waals surface area contributed by atoms with E-state index in [9.17, 15) is 4.79 Å². The van der Waals surface area contributed by atoms with E-state index >= 15 is 0 Å². The molecule has 0 N–H and O–H groups in total. The number of carbonyl (C=O) groups is 1. The third kappa shape index (κ3) is 4.87. The van der Waals surface area contributed by atoms with E-state index in [1.165, 1.54) is 0 Å². The number of unbranched alkanes of at least 4 members (excludes halogenated alkanes) is 1. The van der Waals surface area contributed by atoms with E-state index in [1.807, 2.05) is 36.1 Å². The van der Waals surface area contributed by atoms with Gasteiger partial charge in [0.15, 0.2) is 0 Å². The number of carbonyl (C=O) groups excluding carboxylic acids is 1. The molecule has 0 saturated carbocycles. The molecule has 2 nitrogen and oxygen atoms in total. The van der Waals surface area contributed by atoms with Gasteiger partial charge in [0.1, 0.15) is 0 Å². The van der Waals surface area contributed by atoms with Crippen molar-refractivity contribution in [2.24, 2.45) is 0 Å². The van der Waals surface area contributed by atoms with E-state index in [1.54, 1.807) is 0 Å². The standard InChI is InChI=1S/C14H19Cl2NO/c1-2-17(14(18)9-5-6-10-15)11-12-7-3-4-8-13(12)16/h3-4,7-8H,2,5-6,9-11H2,1H3. The van der Waals surface area contributed by atoms with E-state index in [2.05, 4.69) is 0 Å². The number of amides is 1. The summed E-state index contributed by atoms with van der Waals surface area (Å²) < 4.78 is 0. The molecule has 1 aromatic rings. The summed E-state index contributed by atoms with van der Waals surface area (Å²) in [5.41, 5.74) is 0.992. The Balaban J connectivity index is 2.56. The highest BCUT2D eigenvalue weighted by atomic mass is 35.5. The molecule has 0 aliphatic carbocycles. The number of rotatable bonds is 7.